The van der Waals surface area contributed by atoms with E-state index in [4.69, 9.17) is 9.84 Å². The third-order valence-electron chi connectivity index (χ3n) is 4.20. The van der Waals surface area contributed by atoms with E-state index < -0.39 is 12.1 Å². The van der Waals surface area contributed by atoms with Crippen LogP contribution in [-0.4, -0.2) is 28.7 Å². The Bertz CT molecular complexity index is 727. The van der Waals surface area contributed by atoms with Gasteiger partial charge in [-0.2, -0.15) is 0 Å². The molecule has 2 rings (SSSR count). The zero-order valence-electron chi connectivity index (χ0n) is 13.7. The normalized spacial score (nSPS) is 16.7. The number of fused-ring (bicyclic) bond motifs is 1. The summed E-state index contributed by atoms with van der Waals surface area (Å²) in [4.78, 5) is 34.8. The van der Waals surface area contributed by atoms with Crippen molar-refractivity contribution in [2.75, 3.05) is 0 Å². The van der Waals surface area contributed by atoms with Gasteiger partial charge in [0.05, 0.1) is 5.57 Å². The predicted octanol–water partition coefficient (Wildman–Crippen LogP) is 2.64. The number of rotatable bonds is 5. The van der Waals surface area contributed by atoms with E-state index in [-0.39, 0.29) is 30.0 Å². The SMILES string of the molecule is CCC(=O)/C(=C\c1cc2c(c(C)c1C)OC(C(=O)O)C2)C(C)=O. The van der Waals surface area contributed by atoms with Gasteiger partial charge in [0.15, 0.2) is 17.7 Å². The van der Waals surface area contributed by atoms with Crippen LogP contribution in [0.15, 0.2) is 11.6 Å². The molecule has 0 spiro atoms. The first-order chi connectivity index (χ1) is 10.8. The number of hydrogen-bond donors (Lipinski definition) is 1. The summed E-state index contributed by atoms with van der Waals surface area (Å²) in [7, 11) is 0. The fourth-order valence-electron chi connectivity index (χ4n) is 2.70. The van der Waals surface area contributed by atoms with E-state index in [1.807, 2.05) is 19.9 Å². The number of ketones is 2. The first kappa shape index (κ1) is 16.9. The van der Waals surface area contributed by atoms with Gasteiger partial charge in [-0.15, -0.1) is 0 Å². The lowest BCUT2D eigenvalue weighted by atomic mass is 9.94. The van der Waals surface area contributed by atoms with Crippen LogP contribution in [0.4, 0.5) is 0 Å². The summed E-state index contributed by atoms with van der Waals surface area (Å²) < 4.78 is 5.50. The molecule has 0 aliphatic carbocycles. The Morgan fingerprint density at radius 2 is 1.96 bits per heavy atom. The Morgan fingerprint density at radius 1 is 1.30 bits per heavy atom. The second-order valence-corrected chi connectivity index (χ2v) is 5.74. The zero-order chi connectivity index (χ0) is 17.3. The van der Waals surface area contributed by atoms with Gasteiger partial charge in [0.25, 0.3) is 0 Å². The molecule has 1 atom stereocenters. The summed E-state index contributed by atoms with van der Waals surface area (Å²) in [6.07, 6.45) is 1.26. The lowest BCUT2D eigenvalue weighted by Crippen LogP contribution is -2.24. The molecule has 1 aliphatic rings. The maximum Gasteiger partial charge on any atom is 0.345 e. The van der Waals surface area contributed by atoms with E-state index >= 15 is 0 Å². The summed E-state index contributed by atoms with van der Waals surface area (Å²) in [5.74, 6) is -0.872. The average Bonchev–Trinajstić information content (AvgIpc) is 2.92. The number of carbonyl (C=O) groups excluding carboxylic acids is 2. The molecule has 5 heteroatoms. The minimum absolute atomic E-state index is 0.170. The van der Waals surface area contributed by atoms with Crippen molar-refractivity contribution in [1.29, 1.82) is 0 Å². The van der Waals surface area contributed by atoms with Gasteiger partial charge >= 0.3 is 5.97 Å². The van der Waals surface area contributed by atoms with Gasteiger partial charge in [0, 0.05) is 12.8 Å². The molecule has 23 heavy (non-hydrogen) atoms. The van der Waals surface area contributed by atoms with E-state index in [1.54, 1.807) is 13.0 Å². The van der Waals surface area contributed by atoms with Crippen LogP contribution in [0.1, 0.15) is 42.5 Å². The maximum atomic E-state index is 11.9. The standard InChI is InChI=1S/C18H20O5/c1-5-15(20)14(11(4)19)7-12-6-13-8-16(18(21)22)23-17(13)10(3)9(12)2/h6-7,16H,5,8H2,1-4H3,(H,21,22)/b14-7-. The molecule has 0 radical (unpaired) electrons. The summed E-state index contributed by atoms with van der Waals surface area (Å²) in [5, 5.41) is 9.11. The second-order valence-electron chi connectivity index (χ2n) is 5.74. The molecule has 0 bridgehead atoms. The smallest absolute Gasteiger partial charge is 0.345 e. The average molecular weight is 316 g/mol. The summed E-state index contributed by atoms with van der Waals surface area (Å²) in [6.45, 7) is 6.81. The molecule has 0 fully saturated rings. The largest absolute Gasteiger partial charge is 0.478 e. The molecule has 0 aromatic heterocycles. The fraction of sp³-hybridized carbons (Fsp3) is 0.389. The molecule has 0 saturated carbocycles. The molecule has 0 amide bonds. The van der Waals surface area contributed by atoms with Gasteiger partial charge in [0.1, 0.15) is 5.75 Å². The number of allylic oxidation sites excluding steroid dienone is 1. The number of carboxylic acid groups (broad SMARTS) is 1. The van der Waals surface area contributed by atoms with Gasteiger partial charge < -0.3 is 9.84 Å². The molecule has 1 heterocycles. The van der Waals surface area contributed by atoms with Crippen molar-refractivity contribution in [2.45, 2.75) is 46.6 Å². The first-order valence-electron chi connectivity index (χ1n) is 7.54. The Hall–Kier alpha value is -2.43. The van der Waals surface area contributed by atoms with Gasteiger partial charge in [-0.1, -0.05) is 6.92 Å². The molecule has 5 nitrogen and oxygen atoms in total. The minimum atomic E-state index is -0.999. The van der Waals surface area contributed by atoms with Crippen LogP contribution >= 0.6 is 0 Å². The molecule has 1 unspecified atom stereocenters. The summed E-state index contributed by atoms with van der Waals surface area (Å²) >= 11 is 0. The van der Waals surface area contributed by atoms with Crippen molar-refractivity contribution in [3.63, 3.8) is 0 Å². The van der Waals surface area contributed by atoms with Crippen LogP contribution in [0.3, 0.4) is 0 Å². The van der Waals surface area contributed by atoms with Crippen LogP contribution in [0, 0.1) is 13.8 Å². The third-order valence-corrected chi connectivity index (χ3v) is 4.20. The highest BCUT2D eigenvalue weighted by Crippen LogP contribution is 2.36. The van der Waals surface area contributed by atoms with E-state index in [1.165, 1.54) is 6.92 Å². The molecule has 122 valence electrons. The van der Waals surface area contributed by atoms with Crippen molar-refractivity contribution in [1.82, 2.24) is 0 Å². The topological polar surface area (TPSA) is 80.7 Å². The van der Waals surface area contributed by atoms with E-state index in [0.717, 1.165) is 22.3 Å². The number of carboxylic acids is 1. The Balaban J connectivity index is 2.53. The van der Waals surface area contributed by atoms with Crippen LogP contribution < -0.4 is 4.74 Å². The van der Waals surface area contributed by atoms with Crippen LogP contribution in [0.5, 0.6) is 5.75 Å². The van der Waals surface area contributed by atoms with Crippen molar-refractivity contribution in [3.05, 3.63) is 33.9 Å². The lowest BCUT2D eigenvalue weighted by Gasteiger charge is -2.12. The predicted molar refractivity (Wildman–Crippen MR) is 85.6 cm³/mol. The van der Waals surface area contributed by atoms with Crippen LogP contribution in [-0.2, 0) is 20.8 Å². The number of carbonyl (C=O) groups is 3. The minimum Gasteiger partial charge on any atom is -0.478 e. The fourth-order valence-corrected chi connectivity index (χ4v) is 2.70. The highest BCUT2D eigenvalue weighted by Gasteiger charge is 2.31. The zero-order valence-corrected chi connectivity index (χ0v) is 13.7. The molecule has 1 aromatic rings. The molecule has 1 aromatic carbocycles. The van der Waals surface area contributed by atoms with Crippen LogP contribution in [0.2, 0.25) is 0 Å². The van der Waals surface area contributed by atoms with Crippen LogP contribution in [0.25, 0.3) is 6.08 Å². The molecule has 0 saturated heterocycles. The van der Waals surface area contributed by atoms with E-state index in [2.05, 4.69) is 0 Å². The Kier molecular flexibility index (Phi) is 4.68. The number of aliphatic carboxylic acids is 1. The lowest BCUT2D eigenvalue weighted by molar-refractivity contribution is -0.144. The van der Waals surface area contributed by atoms with Crippen molar-refractivity contribution >= 4 is 23.6 Å². The Morgan fingerprint density at radius 3 is 2.48 bits per heavy atom. The maximum absolute atomic E-state index is 11.9. The summed E-state index contributed by atoms with van der Waals surface area (Å²) in [5.41, 5.74) is 3.42. The van der Waals surface area contributed by atoms with E-state index in [0.29, 0.717) is 5.75 Å². The van der Waals surface area contributed by atoms with E-state index in [9.17, 15) is 14.4 Å². The van der Waals surface area contributed by atoms with Gasteiger partial charge in [-0.05, 0) is 55.2 Å². The quantitative estimate of drug-likeness (QED) is 0.513. The molecular weight excluding hydrogens is 296 g/mol. The van der Waals surface area contributed by atoms with Crippen molar-refractivity contribution in [3.8, 4) is 5.75 Å². The molecule has 1 N–H and O–H groups in total. The highest BCUT2D eigenvalue weighted by atomic mass is 16.5. The van der Waals surface area contributed by atoms with Gasteiger partial charge in [-0.25, -0.2) is 4.79 Å². The highest BCUT2D eigenvalue weighted by molar-refractivity contribution is 6.22. The Labute approximate surface area is 135 Å². The number of benzene rings is 1. The molecular formula is C18H20O5. The monoisotopic (exact) mass is 316 g/mol. The number of ether oxygens (including phenoxy) is 1. The summed E-state index contributed by atoms with van der Waals surface area (Å²) in [6, 6.07) is 1.81. The number of Topliss-reactive ketones (excluding diaryl/α,β-unsaturated/α-hetero) is 2. The molecule has 1 aliphatic heterocycles. The third kappa shape index (κ3) is 3.18. The number of hydrogen-bond acceptors (Lipinski definition) is 4. The van der Waals surface area contributed by atoms with Gasteiger partial charge in [-0.3, -0.25) is 9.59 Å². The van der Waals surface area contributed by atoms with Crippen molar-refractivity contribution in [2.24, 2.45) is 0 Å². The second kappa shape index (κ2) is 6.36. The van der Waals surface area contributed by atoms with Gasteiger partial charge in [0.2, 0.25) is 0 Å². The van der Waals surface area contributed by atoms with Crippen molar-refractivity contribution < 1.29 is 24.2 Å². The first-order valence-corrected chi connectivity index (χ1v) is 7.54.